The highest BCUT2D eigenvalue weighted by molar-refractivity contribution is 7.91. The molecule has 0 N–H and O–H groups in total. The van der Waals surface area contributed by atoms with E-state index in [1.54, 1.807) is 62.6 Å². The number of nitrogens with zero attached hydrogens (tertiary/aromatic N) is 5. The van der Waals surface area contributed by atoms with Gasteiger partial charge in [-0.2, -0.15) is 4.73 Å². The highest BCUT2D eigenvalue weighted by Crippen LogP contribution is 2.37. The van der Waals surface area contributed by atoms with E-state index in [1.165, 1.54) is 26.6 Å². The molecule has 0 fully saturated rings. The summed E-state index contributed by atoms with van der Waals surface area (Å²) >= 11 is 0. The van der Waals surface area contributed by atoms with Crippen LogP contribution in [-0.4, -0.2) is 47.6 Å². The van der Waals surface area contributed by atoms with Crippen molar-refractivity contribution in [3.63, 3.8) is 0 Å². The Morgan fingerprint density at radius 3 is 2.32 bits per heavy atom. The Hall–Kier alpha value is -3.93. The van der Waals surface area contributed by atoms with Gasteiger partial charge in [-0.25, -0.2) is 13.4 Å². The van der Waals surface area contributed by atoms with Crippen molar-refractivity contribution < 1.29 is 27.0 Å². The maximum atomic E-state index is 13.6. The van der Waals surface area contributed by atoms with Crippen LogP contribution in [0.4, 0.5) is 0 Å². The van der Waals surface area contributed by atoms with E-state index >= 15 is 0 Å². The van der Waals surface area contributed by atoms with Gasteiger partial charge in [0, 0.05) is 0 Å². The summed E-state index contributed by atoms with van der Waals surface area (Å²) in [5.41, 5.74) is 1.25. The van der Waals surface area contributed by atoms with E-state index in [0.29, 0.717) is 45.0 Å². The first-order chi connectivity index (χ1) is 17.6. The van der Waals surface area contributed by atoms with Gasteiger partial charge in [0.25, 0.3) is 0 Å². The van der Waals surface area contributed by atoms with Crippen molar-refractivity contribution in [1.82, 2.24) is 19.7 Å². The first kappa shape index (κ1) is 26.1. The highest BCUT2D eigenvalue weighted by atomic mass is 32.2. The van der Waals surface area contributed by atoms with E-state index in [2.05, 4.69) is 15.2 Å². The number of furan rings is 1. The van der Waals surface area contributed by atoms with Gasteiger partial charge in [0.15, 0.2) is 21.4 Å². The number of benzene rings is 1. The number of hydrogen-bond acceptors (Lipinski definition) is 9. The fraction of sp³-hybridized carbons (Fsp3) is 0.360. The molecule has 1 aromatic carbocycles. The molecule has 0 aliphatic rings. The molecule has 0 saturated heterocycles. The summed E-state index contributed by atoms with van der Waals surface area (Å²) < 4.78 is 46.5. The molecular weight excluding hydrogens is 498 g/mol. The van der Waals surface area contributed by atoms with Gasteiger partial charge >= 0.3 is 0 Å². The zero-order valence-corrected chi connectivity index (χ0v) is 22.3. The van der Waals surface area contributed by atoms with Crippen LogP contribution in [0.15, 0.2) is 47.1 Å². The molecule has 2 atom stereocenters. The molecule has 0 aliphatic carbocycles. The van der Waals surface area contributed by atoms with Gasteiger partial charge in [-0.05, 0) is 45.0 Å². The molecule has 12 heteroatoms. The molecule has 0 bridgehead atoms. The summed E-state index contributed by atoms with van der Waals surface area (Å²) in [5, 5.41) is 20.0. The molecule has 11 nitrogen and oxygen atoms in total. The Morgan fingerprint density at radius 2 is 1.76 bits per heavy atom. The minimum absolute atomic E-state index is 0.142. The summed E-state index contributed by atoms with van der Waals surface area (Å²) in [5.74, 6) is 1.28. The van der Waals surface area contributed by atoms with Crippen LogP contribution in [-0.2, 0) is 15.6 Å². The third-order valence-electron chi connectivity index (χ3n) is 6.34. The highest BCUT2D eigenvalue weighted by Gasteiger charge is 2.35. The second kappa shape index (κ2) is 10.2. The van der Waals surface area contributed by atoms with Crippen LogP contribution < -0.4 is 14.2 Å². The number of sulfone groups is 1. The predicted molar refractivity (Wildman–Crippen MR) is 135 cm³/mol. The normalized spacial score (nSPS) is 13.4. The molecule has 37 heavy (non-hydrogen) atoms. The number of methoxy groups -OCH3 is 2. The largest absolute Gasteiger partial charge is 0.618 e. The van der Waals surface area contributed by atoms with Crippen molar-refractivity contribution in [2.24, 2.45) is 0 Å². The summed E-state index contributed by atoms with van der Waals surface area (Å²) in [6.45, 7) is 6.75. The van der Waals surface area contributed by atoms with E-state index in [0.717, 1.165) is 0 Å². The maximum absolute atomic E-state index is 13.6. The number of para-hydroxylation sites is 1. The molecule has 3 heterocycles. The molecule has 0 radical (unpaired) electrons. The number of aryl methyl sites for hydroxylation is 2. The van der Waals surface area contributed by atoms with Crippen LogP contribution in [0.5, 0.6) is 11.5 Å². The van der Waals surface area contributed by atoms with Gasteiger partial charge in [-0.15, -0.1) is 10.2 Å². The van der Waals surface area contributed by atoms with Crippen LogP contribution in [0.25, 0.3) is 17.3 Å². The maximum Gasteiger partial charge on any atom is 0.215 e. The molecular formula is C25H29N5O6S. The van der Waals surface area contributed by atoms with E-state index in [9.17, 15) is 13.6 Å². The van der Waals surface area contributed by atoms with Crippen LogP contribution in [0.3, 0.4) is 0 Å². The quantitative estimate of drug-likeness (QED) is 0.237. The van der Waals surface area contributed by atoms with Crippen LogP contribution >= 0.6 is 0 Å². The monoisotopic (exact) mass is 527 g/mol. The Labute approximate surface area is 215 Å². The lowest BCUT2D eigenvalue weighted by Gasteiger charge is -2.20. The molecule has 0 unspecified atom stereocenters. The van der Waals surface area contributed by atoms with Gasteiger partial charge in [0.1, 0.15) is 34.4 Å². The lowest BCUT2D eigenvalue weighted by Crippen LogP contribution is -2.38. The standard InChI is InChI=1S/C25H29N5O6S/c1-15-13-29(31)19(12-26-15)17(3)18(4)37(32,33)14-23-27-28-25(22-11-10-16(2)36-22)30(23)24-20(34-5)8-7-9-21(24)35-6/h7-13,17-18H,14H2,1-6H3/t17-,18-/m1/s1. The average molecular weight is 528 g/mol. The van der Waals surface area contributed by atoms with E-state index in [4.69, 9.17) is 13.9 Å². The van der Waals surface area contributed by atoms with Crippen molar-refractivity contribution in [3.05, 3.63) is 70.9 Å². The first-order valence-electron chi connectivity index (χ1n) is 11.6. The lowest BCUT2D eigenvalue weighted by atomic mass is 10.1. The van der Waals surface area contributed by atoms with Crippen molar-refractivity contribution in [2.45, 2.75) is 44.6 Å². The van der Waals surface area contributed by atoms with Crippen LogP contribution in [0.2, 0.25) is 0 Å². The van der Waals surface area contributed by atoms with Crippen LogP contribution in [0.1, 0.15) is 42.7 Å². The van der Waals surface area contributed by atoms with E-state index < -0.39 is 26.8 Å². The molecule has 4 rings (SSSR count). The summed E-state index contributed by atoms with van der Waals surface area (Å²) in [6.07, 6.45) is 2.74. The number of rotatable bonds is 9. The van der Waals surface area contributed by atoms with Gasteiger partial charge < -0.3 is 19.1 Å². The van der Waals surface area contributed by atoms with Crippen molar-refractivity contribution in [1.29, 1.82) is 0 Å². The Bertz CT molecular complexity index is 1510. The molecule has 4 aromatic rings. The molecule has 0 spiro atoms. The lowest BCUT2D eigenvalue weighted by molar-refractivity contribution is -0.616. The average Bonchev–Trinajstić information content (AvgIpc) is 3.47. The Balaban J connectivity index is 1.82. The third-order valence-corrected chi connectivity index (χ3v) is 8.54. The summed E-state index contributed by atoms with van der Waals surface area (Å²) in [6, 6.07) is 8.74. The second-order valence-corrected chi connectivity index (χ2v) is 11.1. The summed E-state index contributed by atoms with van der Waals surface area (Å²) in [7, 11) is -0.822. The van der Waals surface area contributed by atoms with E-state index in [-0.39, 0.29) is 11.5 Å². The van der Waals surface area contributed by atoms with Gasteiger partial charge in [0.2, 0.25) is 17.7 Å². The van der Waals surface area contributed by atoms with Gasteiger partial charge in [-0.1, -0.05) is 13.0 Å². The molecule has 3 aromatic heterocycles. The zero-order valence-electron chi connectivity index (χ0n) is 21.5. The van der Waals surface area contributed by atoms with Gasteiger partial charge in [-0.3, -0.25) is 4.57 Å². The molecule has 0 aliphatic heterocycles. The second-order valence-electron chi connectivity index (χ2n) is 8.78. The first-order valence-corrected chi connectivity index (χ1v) is 13.3. The number of hydrogen-bond donors (Lipinski definition) is 0. The van der Waals surface area contributed by atoms with Crippen molar-refractivity contribution in [2.75, 3.05) is 14.2 Å². The fourth-order valence-electron chi connectivity index (χ4n) is 4.09. The van der Waals surface area contributed by atoms with Gasteiger partial charge in [0.05, 0.1) is 31.6 Å². The van der Waals surface area contributed by atoms with Crippen molar-refractivity contribution in [3.8, 4) is 28.8 Å². The predicted octanol–water partition coefficient (Wildman–Crippen LogP) is 3.30. The number of aromatic nitrogens is 5. The molecule has 196 valence electrons. The minimum Gasteiger partial charge on any atom is -0.618 e. The summed E-state index contributed by atoms with van der Waals surface area (Å²) in [4.78, 5) is 4.16. The molecule has 0 saturated carbocycles. The smallest absolute Gasteiger partial charge is 0.215 e. The minimum atomic E-state index is -3.84. The third kappa shape index (κ3) is 5.01. The number of ether oxygens (including phenoxy) is 2. The van der Waals surface area contributed by atoms with Crippen molar-refractivity contribution >= 4 is 9.84 Å². The molecule has 0 amide bonds. The Morgan fingerprint density at radius 1 is 1.08 bits per heavy atom. The topological polar surface area (TPSA) is 136 Å². The SMILES string of the molecule is COc1cccc(OC)c1-n1c(CS(=O)(=O)[C@H](C)[C@@H](C)c2cnc(C)c[n+]2[O-])nnc1-c1ccc(C)o1. The zero-order chi connectivity index (χ0) is 26.9. The van der Waals surface area contributed by atoms with E-state index in [1.807, 2.05) is 0 Å². The fourth-order valence-corrected chi connectivity index (χ4v) is 5.67. The Kier molecular flexibility index (Phi) is 7.21. The van der Waals surface area contributed by atoms with Crippen LogP contribution in [0, 0.1) is 19.1 Å².